The molecule has 178 valence electrons. The van der Waals surface area contributed by atoms with Crippen LogP contribution in [0.5, 0.6) is 0 Å². The average Bonchev–Trinajstić information content (AvgIpc) is 3.21. The number of pyridine rings is 1. The maximum atomic E-state index is 13.2. The van der Waals surface area contributed by atoms with Gasteiger partial charge < -0.3 is 20.7 Å². The Bertz CT molecular complexity index is 1250. The molecule has 1 atom stereocenters. The van der Waals surface area contributed by atoms with Crippen molar-refractivity contribution in [3.63, 3.8) is 0 Å². The summed E-state index contributed by atoms with van der Waals surface area (Å²) in [7, 11) is 0. The Kier molecular flexibility index (Phi) is 6.41. The number of aryl methyl sites for hydroxylation is 1. The summed E-state index contributed by atoms with van der Waals surface area (Å²) in [6.07, 6.45) is 1.92. The van der Waals surface area contributed by atoms with Gasteiger partial charge in [-0.25, -0.2) is 9.78 Å². The molecule has 0 saturated carbocycles. The lowest BCUT2D eigenvalue weighted by Gasteiger charge is -2.24. The van der Waals surface area contributed by atoms with Crippen LogP contribution in [0.15, 0.2) is 42.6 Å². The molecule has 3 N–H and O–H groups in total. The fraction of sp³-hybridized carbons (Fsp3) is 0.346. The van der Waals surface area contributed by atoms with Gasteiger partial charge in [-0.05, 0) is 62.8 Å². The van der Waals surface area contributed by atoms with Crippen LogP contribution in [-0.4, -0.2) is 46.6 Å². The molecule has 0 radical (unpaired) electrons. The first-order valence-corrected chi connectivity index (χ1v) is 11.6. The van der Waals surface area contributed by atoms with Crippen LogP contribution >= 0.6 is 11.6 Å². The fourth-order valence-electron chi connectivity index (χ4n) is 4.26. The van der Waals surface area contributed by atoms with Crippen molar-refractivity contribution in [1.82, 2.24) is 15.2 Å². The van der Waals surface area contributed by atoms with E-state index in [9.17, 15) is 9.59 Å². The Morgan fingerprint density at radius 3 is 2.71 bits per heavy atom. The van der Waals surface area contributed by atoms with Gasteiger partial charge in [0.05, 0.1) is 5.56 Å². The molecule has 1 aliphatic heterocycles. The van der Waals surface area contributed by atoms with Crippen molar-refractivity contribution >= 4 is 40.2 Å². The van der Waals surface area contributed by atoms with Gasteiger partial charge in [0.15, 0.2) is 0 Å². The second kappa shape index (κ2) is 9.14. The Morgan fingerprint density at radius 2 is 2.00 bits per heavy atom. The van der Waals surface area contributed by atoms with Crippen LogP contribution in [0.2, 0.25) is 5.02 Å². The predicted octanol–water partition coefficient (Wildman–Crippen LogP) is 5.19. The number of nitrogens with zero attached hydrogens (tertiary/aromatic N) is 2. The van der Waals surface area contributed by atoms with Crippen LogP contribution in [0.1, 0.15) is 43.1 Å². The lowest BCUT2D eigenvalue weighted by Crippen LogP contribution is -2.40. The lowest BCUT2D eigenvalue weighted by atomic mass is 9.96. The van der Waals surface area contributed by atoms with Gasteiger partial charge in [-0.2, -0.15) is 0 Å². The highest BCUT2D eigenvalue weighted by Gasteiger charge is 2.31. The molecule has 1 aromatic heterocycles. The molecule has 8 heteroatoms. The predicted molar refractivity (Wildman–Crippen MR) is 135 cm³/mol. The fourth-order valence-corrected chi connectivity index (χ4v) is 4.59. The zero-order valence-corrected chi connectivity index (χ0v) is 20.6. The Morgan fingerprint density at radius 1 is 1.24 bits per heavy atom. The zero-order chi connectivity index (χ0) is 24.6. The van der Waals surface area contributed by atoms with E-state index in [2.05, 4.69) is 10.3 Å². The molecule has 0 unspecified atom stereocenters. The molecule has 3 aromatic rings. The van der Waals surface area contributed by atoms with Gasteiger partial charge in [0, 0.05) is 41.3 Å². The summed E-state index contributed by atoms with van der Waals surface area (Å²) in [5, 5.41) is 5.17. The first kappa shape index (κ1) is 23.8. The number of nitrogens with two attached hydrogens (primary N) is 1. The molecule has 1 fully saturated rings. The van der Waals surface area contributed by atoms with Crippen molar-refractivity contribution in [3.8, 4) is 11.1 Å². The number of ether oxygens (including phenoxy) is 1. The highest BCUT2D eigenvalue weighted by molar-refractivity contribution is 6.33. The van der Waals surface area contributed by atoms with Crippen LogP contribution in [0.25, 0.3) is 21.9 Å². The number of amides is 2. The van der Waals surface area contributed by atoms with Crippen molar-refractivity contribution in [2.75, 3.05) is 18.8 Å². The lowest BCUT2D eigenvalue weighted by molar-refractivity contribution is 0.0290. The van der Waals surface area contributed by atoms with Gasteiger partial charge in [0.2, 0.25) is 0 Å². The molecule has 34 heavy (non-hydrogen) atoms. The van der Waals surface area contributed by atoms with Crippen molar-refractivity contribution in [3.05, 3.63) is 58.7 Å². The van der Waals surface area contributed by atoms with Crippen LogP contribution in [0.3, 0.4) is 0 Å². The number of benzene rings is 2. The molecule has 2 amide bonds. The number of nitrogen functional groups attached to an aromatic ring is 1. The topological polar surface area (TPSA) is 97.5 Å². The van der Waals surface area contributed by atoms with Crippen LogP contribution in [0, 0.1) is 6.92 Å². The van der Waals surface area contributed by atoms with E-state index in [0.717, 1.165) is 22.1 Å². The van der Waals surface area contributed by atoms with Crippen LogP contribution in [-0.2, 0) is 4.74 Å². The third kappa shape index (κ3) is 4.94. The number of likely N-dealkylation sites (tertiary alicyclic amines) is 1. The Hall–Kier alpha value is -3.32. The van der Waals surface area contributed by atoms with E-state index in [0.29, 0.717) is 35.5 Å². The van der Waals surface area contributed by atoms with Gasteiger partial charge in [-0.1, -0.05) is 35.9 Å². The molecule has 2 heterocycles. The largest absolute Gasteiger partial charge is 0.444 e. The highest BCUT2D eigenvalue weighted by Crippen LogP contribution is 2.34. The minimum absolute atomic E-state index is 0.161. The molecular formula is C26H29ClN4O3. The molecule has 4 rings (SSSR count). The second-order valence-electron chi connectivity index (χ2n) is 9.64. The van der Waals surface area contributed by atoms with Gasteiger partial charge in [0.25, 0.3) is 5.91 Å². The van der Waals surface area contributed by atoms with E-state index in [1.807, 2.05) is 64.1 Å². The summed E-state index contributed by atoms with van der Waals surface area (Å²) in [6, 6.07) is 11.4. The molecular weight excluding hydrogens is 452 g/mol. The maximum absolute atomic E-state index is 13.2. The van der Waals surface area contributed by atoms with Gasteiger partial charge in [-0.3, -0.25) is 4.79 Å². The van der Waals surface area contributed by atoms with Crippen molar-refractivity contribution in [1.29, 1.82) is 0 Å². The van der Waals surface area contributed by atoms with E-state index in [1.165, 1.54) is 0 Å². The van der Waals surface area contributed by atoms with Gasteiger partial charge in [-0.15, -0.1) is 0 Å². The number of hydrogen-bond donors (Lipinski definition) is 2. The van der Waals surface area contributed by atoms with Gasteiger partial charge >= 0.3 is 6.09 Å². The molecule has 1 saturated heterocycles. The van der Waals surface area contributed by atoms with Crippen molar-refractivity contribution < 1.29 is 14.3 Å². The normalized spacial score (nSPS) is 16.0. The number of hydrogen-bond acceptors (Lipinski definition) is 5. The Labute approximate surface area is 204 Å². The first-order valence-electron chi connectivity index (χ1n) is 11.3. The highest BCUT2D eigenvalue weighted by atomic mass is 35.5. The number of carbonyl (C=O) groups excluding carboxylic acids is 2. The average molecular weight is 481 g/mol. The first-order chi connectivity index (χ1) is 16.0. The monoisotopic (exact) mass is 480 g/mol. The number of rotatable bonds is 3. The van der Waals surface area contributed by atoms with Crippen molar-refractivity contribution in [2.24, 2.45) is 0 Å². The van der Waals surface area contributed by atoms with E-state index in [1.54, 1.807) is 11.1 Å². The molecule has 0 bridgehead atoms. The smallest absolute Gasteiger partial charge is 0.410 e. The number of aromatic nitrogens is 1. The van der Waals surface area contributed by atoms with E-state index < -0.39 is 5.60 Å². The summed E-state index contributed by atoms with van der Waals surface area (Å²) >= 11 is 6.45. The van der Waals surface area contributed by atoms with E-state index in [-0.39, 0.29) is 23.9 Å². The summed E-state index contributed by atoms with van der Waals surface area (Å²) in [4.78, 5) is 31.4. The van der Waals surface area contributed by atoms with E-state index >= 15 is 0 Å². The Balaban J connectivity index is 1.56. The summed E-state index contributed by atoms with van der Waals surface area (Å²) in [6.45, 7) is 8.39. The standard InChI is InChI=1S/C26H29ClN4O3/c1-15-6-5-7-20(27)21(15)16-8-9-19-17(12-16)13-29-23(28)22(19)24(32)30-18-10-11-31(14-18)25(33)34-26(2,3)4/h5-9,12-13,18H,10-11,14H2,1-4H3,(H2,28,29)(H,30,32)/t18-/m1/s1. The molecule has 7 nitrogen and oxygen atoms in total. The van der Waals surface area contributed by atoms with Crippen molar-refractivity contribution in [2.45, 2.75) is 45.8 Å². The minimum Gasteiger partial charge on any atom is -0.444 e. The summed E-state index contributed by atoms with van der Waals surface area (Å²) in [5.74, 6) is -0.151. The molecule has 0 aliphatic carbocycles. The number of halogens is 1. The number of nitrogens with one attached hydrogen (secondary N) is 1. The number of fused-ring (bicyclic) bond motifs is 1. The second-order valence-corrected chi connectivity index (χ2v) is 10.0. The van der Waals surface area contributed by atoms with Crippen LogP contribution < -0.4 is 11.1 Å². The maximum Gasteiger partial charge on any atom is 0.410 e. The quantitative estimate of drug-likeness (QED) is 0.538. The summed E-state index contributed by atoms with van der Waals surface area (Å²) in [5.41, 5.74) is 8.84. The third-order valence-electron chi connectivity index (χ3n) is 5.83. The zero-order valence-electron chi connectivity index (χ0n) is 19.8. The SMILES string of the molecule is Cc1cccc(Cl)c1-c1ccc2c(C(=O)N[C@@H]3CCN(C(=O)OC(C)(C)C)C3)c(N)ncc2c1. The molecule has 1 aliphatic rings. The van der Waals surface area contributed by atoms with Crippen LogP contribution in [0.4, 0.5) is 10.6 Å². The molecule has 2 aromatic carbocycles. The van der Waals surface area contributed by atoms with Gasteiger partial charge in [0.1, 0.15) is 11.4 Å². The van der Waals surface area contributed by atoms with E-state index in [4.69, 9.17) is 22.1 Å². The third-order valence-corrected chi connectivity index (χ3v) is 6.15. The summed E-state index contributed by atoms with van der Waals surface area (Å²) < 4.78 is 5.44. The minimum atomic E-state index is -0.567. The molecule has 0 spiro atoms. The number of carbonyl (C=O) groups is 2. The number of anilines is 1.